The molecule has 45 heavy (non-hydrogen) atoms. The van der Waals surface area contributed by atoms with Crippen LogP contribution in [0.2, 0.25) is 0 Å². The van der Waals surface area contributed by atoms with E-state index in [4.69, 9.17) is 0 Å². The fourth-order valence-electron chi connectivity index (χ4n) is 6.68. The fourth-order valence-corrected chi connectivity index (χ4v) is 8.57. The van der Waals surface area contributed by atoms with Crippen molar-refractivity contribution < 1.29 is 32.7 Å². The van der Waals surface area contributed by atoms with Gasteiger partial charge in [-0.1, -0.05) is 53.4 Å². The molecule has 4 N–H and O–H groups in total. The third-order valence-corrected chi connectivity index (χ3v) is 11.9. The van der Waals surface area contributed by atoms with Gasteiger partial charge in [0, 0.05) is 38.3 Å². The Bertz CT molecular complexity index is 1170. The van der Waals surface area contributed by atoms with Gasteiger partial charge in [0.05, 0.1) is 6.54 Å². The van der Waals surface area contributed by atoms with E-state index in [2.05, 4.69) is 22.9 Å². The molecule has 4 amide bonds. The lowest BCUT2D eigenvalue weighted by Gasteiger charge is -2.47. The highest BCUT2D eigenvalue weighted by Crippen LogP contribution is 2.42. The van der Waals surface area contributed by atoms with Gasteiger partial charge >= 0.3 is 12.0 Å². The molecule has 0 radical (unpaired) electrons. The van der Waals surface area contributed by atoms with Crippen molar-refractivity contribution in [1.29, 1.82) is 0 Å². The molecule has 1 aliphatic carbocycles. The van der Waals surface area contributed by atoms with Gasteiger partial charge < -0.3 is 26.0 Å². The molecule has 0 aromatic rings. The van der Waals surface area contributed by atoms with E-state index in [1.807, 2.05) is 34.6 Å². The summed E-state index contributed by atoms with van der Waals surface area (Å²) in [6, 6.07) is -2.12. The van der Waals surface area contributed by atoms with Crippen molar-refractivity contribution in [3.63, 3.8) is 0 Å². The smallest absolute Gasteiger partial charge is 0.329 e. The molecular weight excluding hydrogens is 600 g/mol. The molecule has 14 heteroatoms. The number of hydrogen-bond donors (Lipinski definition) is 4. The molecule has 2 heterocycles. The van der Waals surface area contributed by atoms with Crippen molar-refractivity contribution in [2.24, 2.45) is 11.3 Å². The molecule has 0 bridgehead atoms. The molecule has 13 nitrogen and oxygen atoms in total. The zero-order chi connectivity index (χ0) is 33.6. The van der Waals surface area contributed by atoms with Crippen molar-refractivity contribution in [3.05, 3.63) is 0 Å². The number of carboxylic acid groups (broad SMARTS) is 1. The third kappa shape index (κ3) is 8.88. The summed E-state index contributed by atoms with van der Waals surface area (Å²) in [5, 5.41) is 18.4. The lowest BCUT2D eigenvalue weighted by molar-refractivity contribution is -0.158. The van der Waals surface area contributed by atoms with Crippen LogP contribution in [-0.2, 0) is 24.6 Å². The Balaban J connectivity index is 1.57. The molecule has 4 atom stereocenters. The number of aliphatic carboxylic acids is 1. The van der Waals surface area contributed by atoms with Crippen LogP contribution in [0, 0.1) is 11.3 Å². The van der Waals surface area contributed by atoms with Crippen molar-refractivity contribution in [3.8, 4) is 0 Å². The molecule has 1 saturated carbocycles. The molecule has 0 aromatic heterocycles. The second-order valence-corrected chi connectivity index (χ2v) is 16.1. The Labute approximate surface area is 269 Å². The normalized spacial score (nSPS) is 26.2. The average molecular weight is 657 g/mol. The number of unbranched alkanes of at least 4 members (excludes halogenated alkanes) is 3. The first-order valence-electron chi connectivity index (χ1n) is 16.7. The van der Waals surface area contributed by atoms with Crippen LogP contribution in [0.5, 0.6) is 0 Å². The number of likely N-dealkylation sites (tertiary alicyclic amines) is 1. The Morgan fingerprint density at radius 1 is 1.00 bits per heavy atom. The monoisotopic (exact) mass is 656 g/mol. The van der Waals surface area contributed by atoms with Crippen molar-refractivity contribution >= 4 is 34.0 Å². The lowest BCUT2D eigenvalue weighted by Crippen LogP contribution is -2.67. The molecule has 2 saturated heterocycles. The summed E-state index contributed by atoms with van der Waals surface area (Å²) >= 11 is 0. The number of hydrogen-bond acceptors (Lipinski definition) is 6. The first-order valence-corrected chi connectivity index (χ1v) is 18.1. The number of carboxylic acids is 1. The van der Waals surface area contributed by atoms with Gasteiger partial charge in [-0.05, 0) is 63.7 Å². The van der Waals surface area contributed by atoms with Crippen LogP contribution in [0.25, 0.3) is 0 Å². The number of carbonyl (C=O) groups is 4. The number of nitrogens with one attached hydrogen (secondary N) is 3. The highest BCUT2D eigenvalue weighted by atomic mass is 32.2. The first kappa shape index (κ1) is 37.0. The number of urea groups is 1. The van der Waals surface area contributed by atoms with Gasteiger partial charge in [0.2, 0.25) is 11.8 Å². The second-order valence-electron chi connectivity index (χ2n) is 14.3. The highest BCUT2D eigenvalue weighted by molar-refractivity contribution is 7.86. The van der Waals surface area contributed by atoms with E-state index in [0.717, 1.165) is 38.5 Å². The van der Waals surface area contributed by atoms with Gasteiger partial charge in [-0.2, -0.15) is 17.0 Å². The highest BCUT2D eigenvalue weighted by Gasteiger charge is 2.54. The average Bonchev–Trinajstić information content (AvgIpc) is 3.43. The molecule has 2 aliphatic heterocycles. The van der Waals surface area contributed by atoms with E-state index in [-0.39, 0.29) is 25.0 Å². The van der Waals surface area contributed by atoms with Gasteiger partial charge in [0.25, 0.3) is 10.2 Å². The summed E-state index contributed by atoms with van der Waals surface area (Å²) in [6.45, 7) is 12.4. The molecule has 0 spiro atoms. The summed E-state index contributed by atoms with van der Waals surface area (Å²) in [7, 11) is -3.67. The quantitative estimate of drug-likeness (QED) is 0.209. The van der Waals surface area contributed by atoms with Gasteiger partial charge in [-0.25, -0.2) is 9.59 Å². The van der Waals surface area contributed by atoms with Gasteiger partial charge in [-0.3, -0.25) is 9.59 Å². The van der Waals surface area contributed by atoms with E-state index in [9.17, 15) is 32.7 Å². The zero-order valence-electron chi connectivity index (χ0n) is 28.1. The third-order valence-electron chi connectivity index (χ3n) is 9.72. The summed E-state index contributed by atoms with van der Waals surface area (Å²) in [6.07, 6.45) is 7.71. The van der Waals surface area contributed by atoms with Crippen LogP contribution < -0.4 is 16.0 Å². The Hall–Kier alpha value is -2.45. The predicted molar refractivity (Wildman–Crippen MR) is 171 cm³/mol. The number of nitrogens with zero attached hydrogens (tertiary/aromatic N) is 3. The summed E-state index contributed by atoms with van der Waals surface area (Å²) in [5.41, 5.74) is -1.78. The van der Waals surface area contributed by atoms with Crippen molar-refractivity contribution in [1.82, 2.24) is 29.5 Å². The summed E-state index contributed by atoms with van der Waals surface area (Å²) < 4.78 is 29.3. The van der Waals surface area contributed by atoms with Crippen LogP contribution in [-0.4, -0.2) is 107 Å². The zero-order valence-corrected chi connectivity index (χ0v) is 28.9. The number of amides is 4. The van der Waals surface area contributed by atoms with Crippen LogP contribution in [0.4, 0.5) is 4.79 Å². The number of rotatable bonds is 14. The minimum atomic E-state index is -3.67. The molecule has 2 unspecified atom stereocenters. The largest absolute Gasteiger partial charge is 0.479 e. The molecule has 3 aliphatic rings. The topological polar surface area (TPSA) is 168 Å². The van der Waals surface area contributed by atoms with E-state index >= 15 is 0 Å². The van der Waals surface area contributed by atoms with Gasteiger partial charge in [-0.15, -0.1) is 0 Å². The minimum absolute atomic E-state index is 0.0930. The van der Waals surface area contributed by atoms with Crippen molar-refractivity contribution in [2.75, 3.05) is 32.7 Å². The number of carbonyl (C=O) groups excluding carboxylic acids is 3. The second kappa shape index (κ2) is 15.4. The van der Waals surface area contributed by atoms with E-state index in [0.29, 0.717) is 45.3 Å². The van der Waals surface area contributed by atoms with Gasteiger partial charge in [0.1, 0.15) is 11.6 Å². The van der Waals surface area contributed by atoms with E-state index in [1.54, 1.807) is 0 Å². The van der Waals surface area contributed by atoms with Crippen LogP contribution >= 0.6 is 0 Å². The van der Waals surface area contributed by atoms with Crippen LogP contribution in [0.1, 0.15) is 106 Å². The summed E-state index contributed by atoms with van der Waals surface area (Å²) in [5.74, 6) is -2.05. The predicted octanol–water partition coefficient (Wildman–Crippen LogP) is 2.67. The Morgan fingerprint density at radius 2 is 1.71 bits per heavy atom. The lowest BCUT2D eigenvalue weighted by atomic mass is 9.64. The molecule has 0 aromatic carbocycles. The Morgan fingerprint density at radius 3 is 2.29 bits per heavy atom. The fraction of sp³-hybridized carbons (Fsp3) is 0.871. The van der Waals surface area contributed by atoms with Crippen LogP contribution in [0.3, 0.4) is 0 Å². The molecule has 258 valence electrons. The maximum absolute atomic E-state index is 13.4. The maximum Gasteiger partial charge on any atom is 0.329 e. The minimum Gasteiger partial charge on any atom is -0.479 e. The maximum atomic E-state index is 13.4. The van der Waals surface area contributed by atoms with Gasteiger partial charge in [0.15, 0.2) is 0 Å². The van der Waals surface area contributed by atoms with E-state index < -0.39 is 57.1 Å². The van der Waals surface area contributed by atoms with Crippen molar-refractivity contribution in [2.45, 2.75) is 129 Å². The molecular formula is C31H56N6O7S. The standard InChI is InChI=1S/C31H56N6O7S/c1-7-8-9-10-13-23-15-16-31(23,28(40)41)34-27(39)24-14-11-18-36(24)26(38)20-32-29(42)33-25(30(4,5)6)21-35-17-12-19-37(22(2)3)45(35,43)44/h22-25H,7-21H2,1-6H3,(H,34,39)(H,40,41)(H2,32,33,42)/t23?,24-,25?,31+/m0/s1. The van der Waals surface area contributed by atoms with E-state index in [1.165, 1.54) is 13.5 Å². The molecule has 3 rings (SSSR count). The van der Waals surface area contributed by atoms with Crippen LogP contribution in [0.15, 0.2) is 0 Å². The Kier molecular flexibility index (Phi) is 12.7. The first-order chi connectivity index (χ1) is 21.0. The molecule has 3 fully saturated rings. The SMILES string of the molecule is CCCCCCC1CC[C@]1(NC(=O)[C@@H]1CCCN1C(=O)CNC(=O)NC(CN1CCCN(C(C)C)S1(=O)=O)C(C)(C)C)C(=O)O. The summed E-state index contributed by atoms with van der Waals surface area (Å²) in [4.78, 5) is 53.3.